The van der Waals surface area contributed by atoms with E-state index >= 15 is 0 Å². The molecule has 4 heteroatoms. The number of rotatable bonds is 2. The Balaban J connectivity index is 1.83. The fourth-order valence-corrected chi connectivity index (χ4v) is 3.60. The van der Waals surface area contributed by atoms with Crippen molar-refractivity contribution in [2.75, 3.05) is 17.2 Å². The number of nitrogens with zero attached hydrogens (tertiary/aromatic N) is 2. The van der Waals surface area contributed by atoms with Gasteiger partial charge < -0.3 is 10.1 Å². The Morgan fingerprint density at radius 1 is 1.53 bits per heavy atom. The molecule has 0 aromatic carbocycles. The first-order valence-electron chi connectivity index (χ1n) is 6.13. The van der Waals surface area contributed by atoms with Crippen LogP contribution < -0.4 is 5.73 Å². The summed E-state index contributed by atoms with van der Waals surface area (Å²) in [6, 6.07) is 3.87. The van der Waals surface area contributed by atoms with Crippen LogP contribution in [-0.2, 0) is 6.42 Å². The van der Waals surface area contributed by atoms with Gasteiger partial charge in [0.1, 0.15) is 0 Å². The molecule has 1 aliphatic heterocycles. The maximum absolute atomic E-state index is 5.92. The number of anilines is 1. The van der Waals surface area contributed by atoms with Gasteiger partial charge in [0.15, 0.2) is 5.65 Å². The number of hydrogen-bond donors (Lipinski definition) is 1. The Bertz CT molecular complexity index is 514. The quantitative estimate of drug-likeness (QED) is 0.887. The highest BCUT2D eigenvalue weighted by atomic mass is 32.2. The summed E-state index contributed by atoms with van der Waals surface area (Å²) in [5.41, 5.74) is 8.75. The number of hydrogen-bond acceptors (Lipinski definition) is 3. The van der Waals surface area contributed by atoms with Crippen LogP contribution in [0.2, 0.25) is 0 Å². The van der Waals surface area contributed by atoms with Gasteiger partial charge in [0, 0.05) is 12.4 Å². The van der Waals surface area contributed by atoms with Crippen LogP contribution >= 0.6 is 11.8 Å². The molecule has 1 unspecified atom stereocenters. The Labute approximate surface area is 105 Å². The summed E-state index contributed by atoms with van der Waals surface area (Å²) < 4.78 is 2.03. The van der Waals surface area contributed by atoms with E-state index < -0.39 is 0 Å². The summed E-state index contributed by atoms with van der Waals surface area (Å²) in [5, 5.41) is 0. The van der Waals surface area contributed by atoms with Crippen molar-refractivity contribution >= 4 is 23.1 Å². The average Bonchev–Trinajstić information content (AvgIpc) is 2.74. The third-order valence-corrected chi connectivity index (χ3v) is 4.60. The maximum atomic E-state index is 5.92. The molecule has 3 rings (SSSR count). The average molecular weight is 247 g/mol. The number of fused-ring (bicyclic) bond motifs is 1. The monoisotopic (exact) mass is 247 g/mol. The van der Waals surface area contributed by atoms with Crippen molar-refractivity contribution in [3.63, 3.8) is 0 Å². The second kappa shape index (κ2) is 4.61. The van der Waals surface area contributed by atoms with Gasteiger partial charge in [0.05, 0.1) is 11.4 Å². The van der Waals surface area contributed by atoms with Crippen LogP contribution in [0.25, 0.3) is 5.65 Å². The van der Waals surface area contributed by atoms with E-state index in [1.165, 1.54) is 30.0 Å². The smallest absolute Gasteiger partial charge is 0.160 e. The maximum Gasteiger partial charge on any atom is 0.160 e. The molecule has 1 atom stereocenters. The number of nitrogens with two attached hydrogens (primary N) is 1. The van der Waals surface area contributed by atoms with E-state index in [9.17, 15) is 0 Å². The largest absolute Gasteiger partial charge is 0.396 e. The zero-order chi connectivity index (χ0) is 11.7. The minimum absolute atomic E-state index is 0.761. The minimum atomic E-state index is 0.761. The van der Waals surface area contributed by atoms with Crippen LogP contribution in [0, 0.1) is 5.92 Å². The van der Waals surface area contributed by atoms with Crippen molar-refractivity contribution in [3.05, 3.63) is 30.2 Å². The van der Waals surface area contributed by atoms with Crippen LogP contribution in [0.4, 0.5) is 5.69 Å². The van der Waals surface area contributed by atoms with Crippen molar-refractivity contribution in [3.8, 4) is 0 Å². The van der Waals surface area contributed by atoms with Crippen molar-refractivity contribution in [2.45, 2.75) is 19.3 Å². The molecule has 1 saturated heterocycles. The van der Waals surface area contributed by atoms with Gasteiger partial charge in [-0.2, -0.15) is 11.8 Å². The van der Waals surface area contributed by atoms with Gasteiger partial charge in [-0.05, 0) is 48.8 Å². The molecule has 90 valence electrons. The molecule has 1 aliphatic rings. The first kappa shape index (κ1) is 11.0. The van der Waals surface area contributed by atoms with Crippen LogP contribution in [0.1, 0.15) is 18.5 Å². The fourth-order valence-electron chi connectivity index (χ4n) is 2.45. The molecule has 0 saturated carbocycles. The summed E-state index contributed by atoms with van der Waals surface area (Å²) in [6.07, 6.45) is 7.91. The van der Waals surface area contributed by atoms with Gasteiger partial charge in [-0.1, -0.05) is 0 Å². The molecule has 0 amide bonds. The number of pyridine rings is 1. The van der Waals surface area contributed by atoms with E-state index in [1.54, 1.807) is 0 Å². The molecule has 2 aromatic rings. The SMILES string of the molecule is Nc1cccn2cc(CC3CCCSC3)nc12. The summed E-state index contributed by atoms with van der Waals surface area (Å²) in [7, 11) is 0. The highest BCUT2D eigenvalue weighted by molar-refractivity contribution is 7.99. The highest BCUT2D eigenvalue weighted by Crippen LogP contribution is 2.25. The summed E-state index contributed by atoms with van der Waals surface area (Å²) in [4.78, 5) is 4.64. The van der Waals surface area contributed by atoms with Crippen LogP contribution in [-0.4, -0.2) is 20.9 Å². The lowest BCUT2D eigenvalue weighted by atomic mass is 10.00. The molecule has 0 aliphatic carbocycles. The molecule has 17 heavy (non-hydrogen) atoms. The molecule has 2 aromatic heterocycles. The number of imidazole rings is 1. The summed E-state index contributed by atoms with van der Waals surface area (Å²) in [6.45, 7) is 0. The second-order valence-corrected chi connectivity index (χ2v) is 5.86. The molecule has 0 radical (unpaired) electrons. The molecule has 0 spiro atoms. The molecule has 3 nitrogen and oxygen atoms in total. The standard InChI is InChI=1S/C13H17N3S/c14-12-4-1-5-16-8-11(15-13(12)16)7-10-3-2-6-17-9-10/h1,4-5,8,10H,2-3,6-7,9,14H2. The highest BCUT2D eigenvalue weighted by Gasteiger charge is 2.16. The molecular formula is C13H17N3S. The Morgan fingerprint density at radius 2 is 2.47 bits per heavy atom. The third kappa shape index (κ3) is 2.27. The fraction of sp³-hybridized carbons (Fsp3) is 0.462. The van der Waals surface area contributed by atoms with Gasteiger partial charge in [0.25, 0.3) is 0 Å². The van der Waals surface area contributed by atoms with E-state index in [1.807, 2.05) is 22.7 Å². The predicted octanol–water partition coefficient (Wildman–Crippen LogP) is 2.60. The third-order valence-electron chi connectivity index (χ3n) is 3.32. The van der Waals surface area contributed by atoms with Crippen LogP contribution in [0.5, 0.6) is 0 Å². The van der Waals surface area contributed by atoms with E-state index in [-0.39, 0.29) is 0 Å². The van der Waals surface area contributed by atoms with Crippen molar-refractivity contribution in [2.24, 2.45) is 5.92 Å². The van der Waals surface area contributed by atoms with Gasteiger partial charge in [-0.3, -0.25) is 0 Å². The zero-order valence-corrected chi connectivity index (χ0v) is 10.6. The number of aromatic nitrogens is 2. The Kier molecular flexibility index (Phi) is 2.97. The second-order valence-electron chi connectivity index (χ2n) is 4.71. The van der Waals surface area contributed by atoms with Crippen molar-refractivity contribution in [1.82, 2.24) is 9.38 Å². The summed E-state index contributed by atoms with van der Waals surface area (Å²) in [5.74, 6) is 3.40. The van der Waals surface area contributed by atoms with Gasteiger partial charge >= 0.3 is 0 Å². The van der Waals surface area contributed by atoms with E-state index in [0.29, 0.717) is 0 Å². The number of thioether (sulfide) groups is 1. The lowest BCUT2D eigenvalue weighted by Crippen LogP contribution is -2.13. The number of nitrogen functional groups attached to an aromatic ring is 1. The van der Waals surface area contributed by atoms with E-state index in [0.717, 1.165) is 23.7 Å². The lowest BCUT2D eigenvalue weighted by molar-refractivity contribution is 0.516. The topological polar surface area (TPSA) is 43.3 Å². The van der Waals surface area contributed by atoms with E-state index in [2.05, 4.69) is 22.9 Å². The lowest BCUT2D eigenvalue weighted by Gasteiger charge is -2.19. The first-order chi connectivity index (χ1) is 8.33. The van der Waals surface area contributed by atoms with Crippen molar-refractivity contribution in [1.29, 1.82) is 0 Å². The first-order valence-corrected chi connectivity index (χ1v) is 7.28. The summed E-state index contributed by atoms with van der Waals surface area (Å²) >= 11 is 2.07. The minimum Gasteiger partial charge on any atom is -0.396 e. The normalized spacial score (nSPS) is 20.8. The van der Waals surface area contributed by atoms with Crippen LogP contribution in [0.15, 0.2) is 24.5 Å². The van der Waals surface area contributed by atoms with Gasteiger partial charge in [-0.25, -0.2) is 4.98 Å². The molecular weight excluding hydrogens is 230 g/mol. The van der Waals surface area contributed by atoms with Gasteiger partial charge in [0.2, 0.25) is 0 Å². The zero-order valence-electron chi connectivity index (χ0n) is 9.80. The molecule has 3 heterocycles. The van der Waals surface area contributed by atoms with Crippen LogP contribution in [0.3, 0.4) is 0 Å². The van der Waals surface area contributed by atoms with E-state index in [4.69, 9.17) is 5.73 Å². The Morgan fingerprint density at radius 3 is 3.24 bits per heavy atom. The van der Waals surface area contributed by atoms with Gasteiger partial charge in [-0.15, -0.1) is 0 Å². The van der Waals surface area contributed by atoms with Crippen molar-refractivity contribution < 1.29 is 0 Å². The predicted molar refractivity (Wildman–Crippen MR) is 73.4 cm³/mol. The molecule has 1 fully saturated rings. The Hall–Kier alpha value is -1.16. The molecule has 0 bridgehead atoms. The molecule has 2 N–H and O–H groups in total.